The number of piperidine rings is 1. The number of nitrogens with zero attached hydrogens (tertiary/aromatic N) is 2. The number of pyridine rings is 1. The number of hydrogen-bond acceptors (Lipinski definition) is 4. The summed E-state index contributed by atoms with van der Waals surface area (Å²) in [6, 6.07) is 19.6. The van der Waals surface area contributed by atoms with E-state index in [2.05, 4.69) is 55.4 Å². The Kier molecular flexibility index (Phi) is 5.03. The zero-order valence-corrected chi connectivity index (χ0v) is 21.9. The van der Waals surface area contributed by atoms with Crippen molar-refractivity contribution in [3.63, 3.8) is 0 Å². The number of sulfonamides is 1. The SMILES string of the molecule is C[Si]1(C)O[Si](C)(C)C2(c3ccccc3)CC1CN(S(=O)(=O)c1cccc3cccnc13)C2. The summed E-state index contributed by atoms with van der Waals surface area (Å²) >= 11 is 0. The second-order valence-electron chi connectivity index (χ2n) is 10.2. The molecule has 2 aliphatic heterocycles. The maximum Gasteiger partial charge on any atom is 0.245 e. The molecule has 1 aromatic heterocycles. The smallest absolute Gasteiger partial charge is 0.245 e. The molecule has 32 heavy (non-hydrogen) atoms. The average Bonchev–Trinajstić information content (AvgIpc) is 2.77. The Morgan fingerprint density at radius 3 is 2.47 bits per heavy atom. The molecule has 5 nitrogen and oxygen atoms in total. The molecule has 2 fully saturated rings. The van der Waals surface area contributed by atoms with Crippen LogP contribution in [0, 0.1) is 0 Å². The standard InChI is InChI=1S/C24H30N2O3SSi2/c1-31(2)21-16-24(32(3,4)29-31,20-12-6-5-7-13-20)18-26(17-21)30(27,28)22-14-8-10-19-11-9-15-25-23(19)22/h5-15,21H,16-18H2,1-4H3. The predicted octanol–water partition coefficient (Wildman–Crippen LogP) is 4.92. The number of aromatic nitrogens is 1. The van der Waals surface area contributed by atoms with Crippen LogP contribution < -0.4 is 0 Å². The van der Waals surface area contributed by atoms with E-state index in [-0.39, 0.29) is 10.6 Å². The molecule has 168 valence electrons. The minimum absolute atomic E-state index is 0.245. The fourth-order valence-electron chi connectivity index (χ4n) is 5.82. The second-order valence-corrected chi connectivity index (χ2v) is 20.9. The van der Waals surface area contributed by atoms with Gasteiger partial charge in [-0.1, -0.05) is 48.5 Å². The van der Waals surface area contributed by atoms with E-state index in [1.807, 2.05) is 30.3 Å². The van der Waals surface area contributed by atoms with Crippen LogP contribution in [0.5, 0.6) is 0 Å². The van der Waals surface area contributed by atoms with E-state index in [4.69, 9.17) is 4.12 Å². The van der Waals surface area contributed by atoms with Crippen LogP contribution in [0.3, 0.4) is 0 Å². The fraction of sp³-hybridized carbons (Fsp3) is 0.375. The third-order valence-electron chi connectivity index (χ3n) is 7.66. The van der Waals surface area contributed by atoms with Gasteiger partial charge in [-0.3, -0.25) is 4.98 Å². The van der Waals surface area contributed by atoms with Crippen molar-refractivity contribution < 1.29 is 12.5 Å². The molecule has 0 spiro atoms. The molecule has 2 saturated heterocycles. The van der Waals surface area contributed by atoms with E-state index in [0.717, 1.165) is 11.8 Å². The first-order valence-electron chi connectivity index (χ1n) is 11.2. The van der Waals surface area contributed by atoms with Crippen molar-refractivity contribution in [2.75, 3.05) is 13.1 Å². The van der Waals surface area contributed by atoms with E-state index < -0.39 is 26.7 Å². The third-order valence-corrected chi connectivity index (χ3v) is 19.0. The summed E-state index contributed by atoms with van der Waals surface area (Å²) < 4.78 is 36.9. The lowest BCUT2D eigenvalue weighted by Gasteiger charge is -2.61. The van der Waals surface area contributed by atoms with Gasteiger partial charge in [-0.15, -0.1) is 0 Å². The van der Waals surface area contributed by atoms with Gasteiger partial charge in [0.1, 0.15) is 4.90 Å². The molecule has 2 atom stereocenters. The Labute approximate surface area is 192 Å². The van der Waals surface area contributed by atoms with E-state index in [1.165, 1.54) is 5.56 Å². The first-order valence-corrected chi connectivity index (χ1v) is 18.5. The lowest BCUT2D eigenvalue weighted by Crippen LogP contribution is -2.72. The lowest BCUT2D eigenvalue weighted by atomic mass is 9.89. The van der Waals surface area contributed by atoms with Gasteiger partial charge in [0, 0.05) is 29.7 Å². The number of rotatable bonds is 3. The lowest BCUT2D eigenvalue weighted by molar-refractivity contribution is 0.226. The quantitative estimate of drug-likeness (QED) is 0.497. The molecule has 2 aliphatic rings. The van der Waals surface area contributed by atoms with Gasteiger partial charge < -0.3 is 4.12 Å². The zero-order chi connectivity index (χ0) is 22.8. The molecule has 0 N–H and O–H groups in total. The van der Waals surface area contributed by atoms with Gasteiger partial charge in [-0.05, 0) is 55.8 Å². The molecule has 8 heteroatoms. The molecule has 0 radical (unpaired) electrons. The highest BCUT2D eigenvalue weighted by molar-refractivity contribution is 7.89. The normalized spacial score (nSPS) is 27.3. The summed E-state index contributed by atoms with van der Waals surface area (Å²) in [5.41, 5.74) is 2.00. The van der Waals surface area contributed by atoms with Gasteiger partial charge in [0.15, 0.2) is 16.6 Å². The zero-order valence-electron chi connectivity index (χ0n) is 19.1. The highest BCUT2D eigenvalue weighted by atomic mass is 32.2. The van der Waals surface area contributed by atoms with Crippen LogP contribution in [-0.4, -0.2) is 47.4 Å². The Hall–Kier alpha value is -1.85. The van der Waals surface area contributed by atoms with Crippen molar-refractivity contribution in [3.8, 4) is 0 Å². The summed E-state index contributed by atoms with van der Waals surface area (Å²) in [5.74, 6) is 0. The maximum absolute atomic E-state index is 14.1. The summed E-state index contributed by atoms with van der Waals surface area (Å²) in [6.45, 7) is 10.1. The largest absolute Gasteiger partial charge is 0.455 e. The van der Waals surface area contributed by atoms with Gasteiger partial charge in [0.05, 0.1) is 5.52 Å². The minimum atomic E-state index is -3.72. The number of benzene rings is 2. The van der Waals surface area contributed by atoms with E-state index in [0.29, 0.717) is 23.5 Å². The molecular weight excluding hydrogens is 453 g/mol. The van der Waals surface area contributed by atoms with Crippen molar-refractivity contribution in [2.45, 2.75) is 48.1 Å². The second kappa shape index (κ2) is 7.33. The van der Waals surface area contributed by atoms with E-state index in [1.54, 1.807) is 16.6 Å². The van der Waals surface area contributed by atoms with Crippen LogP contribution in [0.2, 0.25) is 31.7 Å². The molecule has 2 aromatic carbocycles. The minimum Gasteiger partial charge on any atom is -0.455 e. The molecule has 3 aromatic rings. The Balaban J connectivity index is 1.68. The predicted molar refractivity (Wildman–Crippen MR) is 133 cm³/mol. The van der Waals surface area contributed by atoms with Gasteiger partial charge in [0.25, 0.3) is 0 Å². The topological polar surface area (TPSA) is 59.5 Å². The van der Waals surface area contributed by atoms with Crippen molar-refractivity contribution in [2.24, 2.45) is 0 Å². The van der Waals surface area contributed by atoms with Gasteiger partial charge >= 0.3 is 0 Å². The van der Waals surface area contributed by atoms with Crippen LogP contribution in [0.15, 0.2) is 71.8 Å². The van der Waals surface area contributed by atoms with E-state index in [9.17, 15) is 8.42 Å². The van der Waals surface area contributed by atoms with Crippen LogP contribution in [0.25, 0.3) is 10.9 Å². The Bertz CT molecular complexity index is 1280. The number of hydrogen-bond donors (Lipinski definition) is 0. The van der Waals surface area contributed by atoms with Crippen molar-refractivity contribution in [3.05, 3.63) is 72.4 Å². The highest BCUT2D eigenvalue weighted by Crippen LogP contribution is 2.54. The first kappa shape index (κ1) is 22.0. The molecule has 5 rings (SSSR count). The Morgan fingerprint density at radius 1 is 1.00 bits per heavy atom. The molecule has 2 unspecified atom stereocenters. The number of fused-ring (bicyclic) bond motifs is 3. The maximum atomic E-state index is 14.1. The van der Waals surface area contributed by atoms with E-state index >= 15 is 0 Å². The molecule has 0 aliphatic carbocycles. The number of para-hydroxylation sites is 1. The summed E-state index contributed by atoms with van der Waals surface area (Å²) in [6.07, 6.45) is 2.67. The Morgan fingerprint density at radius 2 is 1.72 bits per heavy atom. The summed E-state index contributed by atoms with van der Waals surface area (Å²) in [7, 11) is -8.05. The van der Waals surface area contributed by atoms with Gasteiger partial charge in [-0.25, -0.2) is 8.42 Å². The monoisotopic (exact) mass is 482 g/mol. The first-order chi connectivity index (χ1) is 15.1. The van der Waals surface area contributed by atoms with Crippen LogP contribution >= 0.6 is 0 Å². The molecule has 0 amide bonds. The molecule has 2 bridgehead atoms. The van der Waals surface area contributed by atoms with Crippen molar-refractivity contribution >= 4 is 37.6 Å². The van der Waals surface area contributed by atoms with Crippen LogP contribution in [0.1, 0.15) is 12.0 Å². The highest BCUT2D eigenvalue weighted by Gasteiger charge is 2.63. The molecule has 0 saturated carbocycles. The average molecular weight is 483 g/mol. The molecule has 3 heterocycles. The van der Waals surface area contributed by atoms with Crippen molar-refractivity contribution in [1.82, 2.24) is 9.29 Å². The van der Waals surface area contributed by atoms with Gasteiger partial charge in [-0.2, -0.15) is 4.31 Å². The molecular formula is C24H30N2O3SSi2. The summed E-state index contributed by atoms with van der Waals surface area (Å²) in [4.78, 5) is 4.74. The van der Waals surface area contributed by atoms with Crippen molar-refractivity contribution in [1.29, 1.82) is 0 Å². The van der Waals surface area contributed by atoms with Crippen LogP contribution in [0.4, 0.5) is 0 Å². The van der Waals surface area contributed by atoms with Crippen LogP contribution in [-0.2, 0) is 19.2 Å². The third kappa shape index (κ3) is 3.23. The fourth-order valence-corrected chi connectivity index (χ4v) is 18.4. The van der Waals surface area contributed by atoms with Gasteiger partial charge in [0.2, 0.25) is 10.0 Å². The summed E-state index contributed by atoms with van der Waals surface area (Å²) in [5, 5.41) is 0.571.